The van der Waals surface area contributed by atoms with Crippen molar-refractivity contribution in [3.8, 4) is 22.9 Å². The summed E-state index contributed by atoms with van der Waals surface area (Å²) in [6.45, 7) is 0. The minimum absolute atomic E-state index is 0.292. The van der Waals surface area contributed by atoms with Gasteiger partial charge in [0.15, 0.2) is 0 Å². The molecule has 0 amide bonds. The van der Waals surface area contributed by atoms with E-state index in [4.69, 9.17) is 14.4 Å². The number of fused-ring (bicyclic) bond motifs is 1. The van der Waals surface area contributed by atoms with Gasteiger partial charge in [0.25, 0.3) is 0 Å². The predicted molar refractivity (Wildman–Crippen MR) is 136 cm³/mol. The number of thioether (sulfide) groups is 1. The summed E-state index contributed by atoms with van der Waals surface area (Å²) >= 11 is 1.92. The van der Waals surface area contributed by atoms with E-state index in [1.165, 1.54) is 32.1 Å². The normalized spacial score (nSPS) is 14.1. The molecule has 1 fully saturated rings. The molecule has 0 spiro atoms. The van der Waals surface area contributed by atoms with Gasteiger partial charge in [-0.05, 0) is 54.3 Å². The van der Waals surface area contributed by atoms with E-state index in [-0.39, 0.29) is 0 Å². The maximum Gasteiger partial charge on any atom is 0.379 e. The molecule has 0 aliphatic heterocycles. The van der Waals surface area contributed by atoms with Gasteiger partial charge in [-0.25, -0.2) is 4.79 Å². The van der Waals surface area contributed by atoms with Gasteiger partial charge in [0.05, 0.1) is 11.6 Å². The van der Waals surface area contributed by atoms with Crippen LogP contribution in [0.25, 0.3) is 22.1 Å². The molecule has 170 valence electrons. The summed E-state index contributed by atoms with van der Waals surface area (Å²) in [4.78, 5) is 13.1. The van der Waals surface area contributed by atoms with Gasteiger partial charge in [-0.3, -0.25) is 0 Å². The first kappa shape index (κ1) is 22.3. The summed E-state index contributed by atoms with van der Waals surface area (Å²) in [5.41, 5.74) is 4.24. The Hall–Kier alpha value is -3.49. The summed E-state index contributed by atoms with van der Waals surface area (Å²) < 4.78 is 11.7. The summed E-state index contributed by atoms with van der Waals surface area (Å²) in [5, 5.41) is 10.6. The second-order valence-electron chi connectivity index (χ2n) is 8.58. The predicted octanol–water partition coefficient (Wildman–Crippen LogP) is 7.76. The van der Waals surface area contributed by atoms with Gasteiger partial charge in [0.1, 0.15) is 11.3 Å². The molecule has 5 rings (SSSR count). The number of para-hydroxylation sites is 1. The highest BCUT2D eigenvalue weighted by atomic mass is 32.2. The average Bonchev–Trinajstić information content (AvgIpc) is 3.27. The average molecular weight is 468 g/mol. The molecular weight excluding hydrogens is 442 g/mol. The third-order valence-electron chi connectivity index (χ3n) is 6.31. The Balaban J connectivity index is 1.34. The van der Waals surface area contributed by atoms with Crippen molar-refractivity contribution in [2.45, 2.75) is 43.1 Å². The minimum Gasteiger partial charge on any atom is -0.449 e. The zero-order valence-electron chi connectivity index (χ0n) is 18.8. The molecule has 3 aromatic carbocycles. The fourth-order valence-corrected chi connectivity index (χ4v) is 5.80. The summed E-state index contributed by atoms with van der Waals surface area (Å²) in [6, 6.07) is 24.7. The maximum atomic E-state index is 13.1. The van der Waals surface area contributed by atoms with Crippen LogP contribution in [0, 0.1) is 11.3 Å². The van der Waals surface area contributed by atoms with Crippen molar-refractivity contribution < 1.29 is 13.9 Å². The molecule has 5 heteroatoms. The highest BCUT2D eigenvalue weighted by Gasteiger charge is 2.24. The number of rotatable bonds is 6. The molecule has 0 atom stereocenters. The smallest absolute Gasteiger partial charge is 0.379 e. The van der Waals surface area contributed by atoms with Gasteiger partial charge >= 0.3 is 5.97 Å². The SMILES string of the molecule is N#Cc1ccc(-c2ccc(OC(=O)c3oc4ccccc4c3CSC3CCCCC3)cc2)cc1. The van der Waals surface area contributed by atoms with E-state index < -0.39 is 5.97 Å². The van der Waals surface area contributed by atoms with Crippen LogP contribution in [0.2, 0.25) is 0 Å². The van der Waals surface area contributed by atoms with Crippen molar-refractivity contribution in [1.29, 1.82) is 5.26 Å². The Morgan fingerprint density at radius 2 is 1.62 bits per heavy atom. The Morgan fingerprint density at radius 3 is 2.32 bits per heavy atom. The van der Waals surface area contributed by atoms with Crippen LogP contribution in [0.4, 0.5) is 0 Å². The lowest BCUT2D eigenvalue weighted by Crippen LogP contribution is -2.11. The second-order valence-corrected chi connectivity index (χ2v) is 9.87. The summed E-state index contributed by atoms with van der Waals surface area (Å²) in [6.07, 6.45) is 6.39. The Bertz CT molecular complexity index is 1330. The van der Waals surface area contributed by atoms with E-state index in [0.29, 0.717) is 27.9 Å². The van der Waals surface area contributed by atoms with Crippen LogP contribution in [-0.4, -0.2) is 11.2 Å². The number of nitrogens with zero attached hydrogens (tertiary/aromatic N) is 1. The Labute approximate surface area is 203 Å². The lowest BCUT2D eigenvalue weighted by atomic mass is 10.0. The maximum absolute atomic E-state index is 13.1. The van der Waals surface area contributed by atoms with Gasteiger partial charge in [0, 0.05) is 22.0 Å². The Kier molecular flexibility index (Phi) is 6.69. The number of esters is 1. The van der Waals surface area contributed by atoms with Crippen LogP contribution < -0.4 is 4.74 Å². The fourth-order valence-electron chi connectivity index (χ4n) is 4.45. The first-order valence-corrected chi connectivity index (χ1v) is 12.7. The van der Waals surface area contributed by atoms with Crippen LogP contribution in [-0.2, 0) is 5.75 Å². The molecule has 0 bridgehead atoms. The number of hydrogen-bond acceptors (Lipinski definition) is 5. The molecule has 1 heterocycles. The van der Waals surface area contributed by atoms with E-state index in [9.17, 15) is 4.79 Å². The van der Waals surface area contributed by atoms with Crippen LogP contribution in [0.1, 0.15) is 53.8 Å². The van der Waals surface area contributed by atoms with E-state index in [1.807, 2.05) is 60.3 Å². The molecule has 34 heavy (non-hydrogen) atoms. The van der Waals surface area contributed by atoms with Crippen LogP contribution in [0.3, 0.4) is 0 Å². The van der Waals surface area contributed by atoms with E-state index in [2.05, 4.69) is 6.07 Å². The molecule has 4 aromatic rings. The zero-order chi connectivity index (χ0) is 23.3. The van der Waals surface area contributed by atoms with Gasteiger partial charge in [-0.2, -0.15) is 17.0 Å². The first-order chi connectivity index (χ1) is 16.7. The van der Waals surface area contributed by atoms with Crippen molar-refractivity contribution in [2.24, 2.45) is 0 Å². The number of furan rings is 1. The van der Waals surface area contributed by atoms with Crippen molar-refractivity contribution in [3.63, 3.8) is 0 Å². The summed E-state index contributed by atoms with van der Waals surface area (Å²) in [5.74, 6) is 1.03. The molecule has 1 aliphatic rings. The molecule has 0 radical (unpaired) electrons. The Morgan fingerprint density at radius 1 is 0.941 bits per heavy atom. The monoisotopic (exact) mass is 467 g/mol. The standard InChI is InChI=1S/C29H25NO3S/c30-18-20-10-12-21(13-11-20)22-14-16-23(17-15-22)32-29(31)28-26(19-34-24-6-2-1-3-7-24)25-8-4-5-9-27(25)33-28/h4-5,8-17,24H,1-3,6-7,19H2. The quantitative estimate of drug-likeness (QED) is 0.214. The number of carbonyl (C=O) groups excluding carboxylic acids is 1. The molecule has 0 N–H and O–H groups in total. The number of benzene rings is 3. The fraction of sp³-hybridized carbons (Fsp3) is 0.241. The van der Waals surface area contributed by atoms with E-state index in [1.54, 1.807) is 24.3 Å². The second kappa shape index (κ2) is 10.2. The molecule has 1 saturated carbocycles. The zero-order valence-corrected chi connectivity index (χ0v) is 19.6. The third kappa shape index (κ3) is 4.88. The molecule has 0 unspecified atom stereocenters. The number of hydrogen-bond donors (Lipinski definition) is 0. The van der Waals surface area contributed by atoms with Crippen LogP contribution in [0.5, 0.6) is 5.75 Å². The molecule has 0 saturated heterocycles. The van der Waals surface area contributed by atoms with Crippen molar-refractivity contribution >= 4 is 28.7 Å². The van der Waals surface area contributed by atoms with Gasteiger partial charge in [-0.1, -0.05) is 61.7 Å². The minimum atomic E-state index is -0.471. The van der Waals surface area contributed by atoms with E-state index in [0.717, 1.165) is 27.8 Å². The largest absolute Gasteiger partial charge is 0.449 e. The van der Waals surface area contributed by atoms with Crippen LogP contribution >= 0.6 is 11.8 Å². The van der Waals surface area contributed by atoms with Crippen molar-refractivity contribution in [3.05, 3.63) is 89.7 Å². The third-order valence-corrected chi connectivity index (χ3v) is 7.71. The first-order valence-electron chi connectivity index (χ1n) is 11.7. The van der Waals surface area contributed by atoms with E-state index >= 15 is 0 Å². The number of carbonyl (C=O) groups is 1. The van der Waals surface area contributed by atoms with Crippen molar-refractivity contribution in [2.75, 3.05) is 0 Å². The van der Waals surface area contributed by atoms with Crippen molar-refractivity contribution in [1.82, 2.24) is 0 Å². The van der Waals surface area contributed by atoms with Crippen LogP contribution in [0.15, 0.2) is 77.2 Å². The van der Waals surface area contributed by atoms with Gasteiger partial charge in [-0.15, -0.1) is 0 Å². The lowest BCUT2D eigenvalue weighted by Gasteiger charge is -2.20. The highest BCUT2D eigenvalue weighted by molar-refractivity contribution is 7.99. The lowest BCUT2D eigenvalue weighted by molar-refractivity contribution is 0.0702. The number of ether oxygens (including phenoxy) is 1. The molecule has 1 aromatic heterocycles. The molecule has 1 aliphatic carbocycles. The topological polar surface area (TPSA) is 63.2 Å². The number of nitriles is 1. The molecular formula is C29H25NO3S. The summed E-state index contributed by atoms with van der Waals surface area (Å²) in [7, 11) is 0. The van der Waals surface area contributed by atoms with Gasteiger partial charge < -0.3 is 9.15 Å². The van der Waals surface area contributed by atoms with Gasteiger partial charge in [0.2, 0.25) is 5.76 Å². The molecule has 4 nitrogen and oxygen atoms in total. The highest BCUT2D eigenvalue weighted by Crippen LogP contribution is 2.35.